The number of aryl methyl sites for hydroxylation is 2. The van der Waals surface area contributed by atoms with E-state index in [-0.39, 0.29) is 30.2 Å². The summed E-state index contributed by atoms with van der Waals surface area (Å²) in [6.07, 6.45) is 4.98. The summed E-state index contributed by atoms with van der Waals surface area (Å²) in [5.74, 6) is -1.57. The number of hydrogen-bond acceptors (Lipinski definition) is 3. The van der Waals surface area contributed by atoms with Crippen molar-refractivity contribution in [2.45, 2.75) is 26.7 Å². The van der Waals surface area contributed by atoms with Crippen LogP contribution in [0.1, 0.15) is 24.0 Å². The minimum absolute atomic E-state index is 0.253. The smallest absolute Gasteiger partial charge is 0.244 e. The molecule has 126 valence electrons. The number of anilines is 1. The summed E-state index contributed by atoms with van der Waals surface area (Å²) < 4.78 is 0. The van der Waals surface area contributed by atoms with E-state index in [2.05, 4.69) is 5.32 Å². The molecule has 1 N–H and O–H groups in total. The van der Waals surface area contributed by atoms with Gasteiger partial charge >= 0.3 is 0 Å². The second-order valence-corrected chi connectivity index (χ2v) is 6.81. The van der Waals surface area contributed by atoms with E-state index in [1.165, 1.54) is 0 Å². The van der Waals surface area contributed by atoms with Gasteiger partial charge in [-0.2, -0.15) is 0 Å². The third-order valence-electron chi connectivity index (χ3n) is 4.60. The molecule has 0 spiro atoms. The Labute approximate surface area is 145 Å². The molecule has 2 unspecified atom stereocenters. The maximum atomic E-state index is 12.4. The van der Waals surface area contributed by atoms with Gasteiger partial charge in [0, 0.05) is 0 Å². The number of nitrogens with one attached hydrogen (secondary N) is 1. The number of allylic oxidation sites excluding steroid dienone is 2. The first-order valence-corrected chi connectivity index (χ1v) is 8.33. The normalized spacial score (nSPS) is 22.7. The summed E-state index contributed by atoms with van der Waals surface area (Å²) in [6.45, 7) is 3.50. The van der Waals surface area contributed by atoms with Crippen molar-refractivity contribution in [1.29, 1.82) is 0 Å². The number of halogens is 1. The van der Waals surface area contributed by atoms with Gasteiger partial charge in [0.1, 0.15) is 6.54 Å². The van der Waals surface area contributed by atoms with E-state index >= 15 is 0 Å². The molecule has 1 heterocycles. The highest BCUT2D eigenvalue weighted by Crippen LogP contribution is 2.35. The lowest BCUT2D eigenvalue weighted by atomic mass is 9.85. The van der Waals surface area contributed by atoms with Crippen LogP contribution < -0.4 is 5.32 Å². The van der Waals surface area contributed by atoms with E-state index in [1.54, 1.807) is 6.07 Å². The molecule has 2 atom stereocenters. The maximum Gasteiger partial charge on any atom is 0.244 e. The predicted octanol–water partition coefficient (Wildman–Crippen LogP) is 2.85. The van der Waals surface area contributed by atoms with Crippen molar-refractivity contribution in [3.63, 3.8) is 0 Å². The van der Waals surface area contributed by atoms with Gasteiger partial charge in [-0.1, -0.05) is 29.8 Å². The number of imide groups is 1. The van der Waals surface area contributed by atoms with Crippen LogP contribution >= 0.6 is 11.6 Å². The molecule has 0 saturated carbocycles. The Kier molecular flexibility index (Phi) is 4.45. The van der Waals surface area contributed by atoms with Crippen molar-refractivity contribution >= 4 is 35.0 Å². The lowest BCUT2D eigenvalue weighted by molar-refractivity contribution is -0.142. The quantitative estimate of drug-likeness (QED) is 0.676. The van der Waals surface area contributed by atoms with Crippen molar-refractivity contribution < 1.29 is 14.4 Å². The highest BCUT2D eigenvalue weighted by Gasteiger charge is 2.47. The minimum Gasteiger partial charge on any atom is -0.323 e. The van der Waals surface area contributed by atoms with Gasteiger partial charge in [-0.25, -0.2) is 0 Å². The Morgan fingerprint density at radius 1 is 1.17 bits per heavy atom. The molecule has 1 aliphatic carbocycles. The molecule has 0 aromatic heterocycles. The number of rotatable bonds is 3. The highest BCUT2D eigenvalue weighted by atomic mass is 35.5. The second-order valence-electron chi connectivity index (χ2n) is 6.41. The average molecular weight is 347 g/mol. The van der Waals surface area contributed by atoms with Crippen LogP contribution in [0, 0.1) is 25.7 Å². The van der Waals surface area contributed by atoms with Gasteiger partial charge in [-0.05, 0) is 43.9 Å². The predicted molar refractivity (Wildman–Crippen MR) is 91.6 cm³/mol. The molecule has 1 aromatic rings. The highest BCUT2D eigenvalue weighted by molar-refractivity contribution is 6.34. The molecule has 1 fully saturated rings. The molecular weight excluding hydrogens is 328 g/mol. The molecule has 5 nitrogen and oxygen atoms in total. The summed E-state index contributed by atoms with van der Waals surface area (Å²) in [7, 11) is 0. The van der Waals surface area contributed by atoms with Gasteiger partial charge in [-0.15, -0.1) is 0 Å². The number of amides is 3. The number of carbonyl (C=O) groups is 3. The van der Waals surface area contributed by atoms with Gasteiger partial charge in [0.05, 0.1) is 22.5 Å². The fraction of sp³-hybridized carbons (Fsp3) is 0.389. The number of fused-ring (bicyclic) bond motifs is 1. The van der Waals surface area contributed by atoms with E-state index in [9.17, 15) is 14.4 Å². The Bertz CT molecular complexity index is 708. The summed E-state index contributed by atoms with van der Waals surface area (Å²) in [6, 6.07) is 3.67. The van der Waals surface area contributed by atoms with Crippen molar-refractivity contribution in [2.75, 3.05) is 11.9 Å². The van der Waals surface area contributed by atoms with E-state index in [0.717, 1.165) is 16.0 Å². The first kappa shape index (κ1) is 16.7. The van der Waals surface area contributed by atoms with Crippen LogP contribution in [-0.2, 0) is 14.4 Å². The molecule has 1 aromatic carbocycles. The molecular formula is C18H19ClN2O3. The van der Waals surface area contributed by atoms with E-state index in [4.69, 9.17) is 11.6 Å². The third kappa shape index (κ3) is 2.96. The van der Waals surface area contributed by atoms with Gasteiger partial charge < -0.3 is 5.32 Å². The minimum atomic E-state index is -0.419. The van der Waals surface area contributed by atoms with Crippen LogP contribution in [-0.4, -0.2) is 29.2 Å². The second kappa shape index (κ2) is 6.40. The standard InChI is InChI=1S/C18H19ClN2O3/c1-10-7-11(2)16(14(19)8-10)20-15(22)9-21-17(23)12-5-3-4-6-13(12)18(21)24/h3-4,7-8,12-13H,5-6,9H2,1-2H3,(H,20,22). The number of benzene rings is 1. The average Bonchev–Trinajstić information content (AvgIpc) is 2.76. The van der Waals surface area contributed by atoms with Gasteiger partial charge in [0.2, 0.25) is 17.7 Å². The Balaban J connectivity index is 1.72. The Morgan fingerprint density at radius 2 is 1.75 bits per heavy atom. The van der Waals surface area contributed by atoms with Crippen LogP contribution in [0.5, 0.6) is 0 Å². The fourth-order valence-electron chi connectivity index (χ4n) is 3.42. The van der Waals surface area contributed by atoms with Crippen LogP contribution in [0.4, 0.5) is 5.69 Å². The maximum absolute atomic E-state index is 12.4. The largest absolute Gasteiger partial charge is 0.323 e. The summed E-state index contributed by atoms with van der Waals surface area (Å²) in [5, 5.41) is 3.16. The summed E-state index contributed by atoms with van der Waals surface area (Å²) in [5.41, 5.74) is 2.35. The lowest BCUT2D eigenvalue weighted by Gasteiger charge is -2.16. The molecule has 0 bridgehead atoms. The molecule has 6 heteroatoms. The lowest BCUT2D eigenvalue weighted by Crippen LogP contribution is -2.38. The van der Waals surface area contributed by atoms with Crippen molar-refractivity contribution in [1.82, 2.24) is 4.90 Å². The summed E-state index contributed by atoms with van der Waals surface area (Å²) >= 11 is 6.18. The SMILES string of the molecule is Cc1cc(C)c(NC(=O)CN2C(=O)C3CC=CCC3C2=O)c(Cl)c1. The molecule has 2 aliphatic rings. The molecule has 3 amide bonds. The molecule has 1 aliphatic heterocycles. The zero-order valence-corrected chi connectivity index (χ0v) is 14.4. The summed E-state index contributed by atoms with van der Waals surface area (Å²) in [4.78, 5) is 38.2. The first-order chi connectivity index (χ1) is 11.4. The van der Waals surface area contributed by atoms with E-state index in [0.29, 0.717) is 23.6 Å². The van der Waals surface area contributed by atoms with Gasteiger partial charge in [0.15, 0.2) is 0 Å². The third-order valence-corrected chi connectivity index (χ3v) is 4.89. The Hall–Kier alpha value is -2.14. The monoisotopic (exact) mass is 346 g/mol. The van der Waals surface area contributed by atoms with Crippen LogP contribution in [0.15, 0.2) is 24.3 Å². The molecule has 3 rings (SSSR count). The van der Waals surface area contributed by atoms with Crippen LogP contribution in [0.25, 0.3) is 0 Å². The number of carbonyl (C=O) groups excluding carboxylic acids is 3. The number of likely N-dealkylation sites (tertiary alicyclic amines) is 1. The van der Waals surface area contributed by atoms with Crippen LogP contribution in [0.2, 0.25) is 5.02 Å². The van der Waals surface area contributed by atoms with Crippen LogP contribution in [0.3, 0.4) is 0 Å². The van der Waals surface area contributed by atoms with Crippen molar-refractivity contribution in [3.05, 3.63) is 40.4 Å². The number of nitrogens with zero attached hydrogens (tertiary/aromatic N) is 1. The first-order valence-electron chi connectivity index (χ1n) is 7.95. The molecule has 1 saturated heterocycles. The molecule has 0 radical (unpaired) electrons. The fourth-order valence-corrected chi connectivity index (χ4v) is 3.79. The Morgan fingerprint density at radius 3 is 2.29 bits per heavy atom. The zero-order chi connectivity index (χ0) is 17.4. The van der Waals surface area contributed by atoms with E-state index < -0.39 is 5.91 Å². The zero-order valence-electron chi connectivity index (χ0n) is 13.6. The van der Waals surface area contributed by atoms with Gasteiger partial charge in [-0.3, -0.25) is 19.3 Å². The number of hydrogen-bond donors (Lipinski definition) is 1. The van der Waals surface area contributed by atoms with Crippen molar-refractivity contribution in [3.8, 4) is 0 Å². The van der Waals surface area contributed by atoms with E-state index in [1.807, 2.05) is 32.1 Å². The van der Waals surface area contributed by atoms with Gasteiger partial charge in [0.25, 0.3) is 0 Å². The van der Waals surface area contributed by atoms with Crippen molar-refractivity contribution in [2.24, 2.45) is 11.8 Å². The topological polar surface area (TPSA) is 66.5 Å². The molecule has 24 heavy (non-hydrogen) atoms.